The van der Waals surface area contributed by atoms with Gasteiger partial charge in [-0.05, 0) is 32.4 Å². The van der Waals surface area contributed by atoms with Gasteiger partial charge < -0.3 is 5.32 Å². The molecule has 1 N–H and O–H groups in total. The van der Waals surface area contributed by atoms with Crippen LogP contribution in [-0.4, -0.2) is 60.2 Å². The van der Waals surface area contributed by atoms with Gasteiger partial charge in [0.1, 0.15) is 5.71 Å². The molecule has 1 fully saturated rings. The second kappa shape index (κ2) is 6.83. The molecule has 0 aromatic carbocycles. The zero-order valence-corrected chi connectivity index (χ0v) is 12.4. The maximum atomic E-state index is 12.1. The van der Waals surface area contributed by atoms with Crippen LogP contribution >= 0.6 is 0 Å². The van der Waals surface area contributed by atoms with Crippen LogP contribution in [0.3, 0.4) is 0 Å². The fourth-order valence-corrected chi connectivity index (χ4v) is 2.78. The van der Waals surface area contributed by atoms with E-state index in [2.05, 4.69) is 22.2 Å². The summed E-state index contributed by atoms with van der Waals surface area (Å²) < 4.78 is 0. The highest BCUT2D eigenvalue weighted by Gasteiger charge is 2.24. The first-order valence-electron chi connectivity index (χ1n) is 7.48. The van der Waals surface area contributed by atoms with Crippen molar-refractivity contribution >= 4 is 17.5 Å². The lowest BCUT2D eigenvalue weighted by Crippen LogP contribution is -2.45. The van der Waals surface area contributed by atoms with Crippen molar-refractivity contribution < 1.29 is 9.59 Å². The van der Waals surface area contributed by atoms with Crippen LogP contribution in [0, 0.1) is 0 Å². The molecule has 112 valence electrons. The van der Waals surface area contributed by atoms with Crippen LogP contribution in [0.25, 0.3) is 0 Å². The van der Waals surface area contributed by atoms with E-state index in [1.807, 2.05) is 0 Å². The van der Waals surface area contributed by atoms with Crippen molar-refractivity contribution in [2.45, 2.75) is 45.1 Å². The van der Waals surface area contributed by atoms with E-state index in [9.17, 15) is 9.59 Å². The standard InChI is InChI=1S/C14H24N4O2/c1-3-11(18-8-4-5-9-18)10-15-14(20)12-6-7-13(19)17(2)16-12/h11H,3-10H2,1-2H3,(H,15,20). The molecule has 6 nitrogen and oxygen atoms in total. The van der Waals surface area contributed by atoms with E-state index in [0.717, 1.165) is 19.5 Å². The smallest absolute Gasteiger partial charge is 0.267 e. The molecule has 0 spiro atoms. The van der Waals surface area contributed by atoms with Crippen molar-refractivity contribution in [1.82, 2.24) is 15.2 Å². The average molecular weight is 280 g/mol. The fourth-order valence-electron chi connectivity index (χ4n) is 2.78. The average Bonchev–Trinajstić information content (AvgIpc) is 2.96. The van der Waals surface area contributed by atoms with Gasteiger partial charge in [0.15, 0.2) is 0 Å². The lowest BCUT2D eigenvalue weighted by atomic mass is 10.1. The highest BCUT2D eigenvalue weighted by molar-refractivity contribution is 6.39. The summed E-state index contributed by atoms with van der Waals surface area (Å²) in [5.74, 6) is -0.174. The molecule has 2 amide bonds. The zero-order chi connectivity index (χ0) is 14.5. The van der Waals surface area contributed by atoms with Crippen LogP contribution in [-0.2, 0) is 9.59 Å². The Bertz CT molecular complexity index is 402. The molecule has 2 aliphatic rings. The fraction of sp³-hybridized carbons (Fsp3) is 0.786. The largest absolute Gasteiger partial charge is 0.349 e. The van der Waals surface area contributed by atoms with Crippen LogP contribution in [0.5, 0.6) is 0 Å². The molecule has 0 bridgehead atoms. The first-order chi connectivity index (χ1) is 9.61. The number of rotatable bonds is 5. The van der Waals surface area contributed by atoms with Gasteiger partial charge in [-0.15, -0.1) is 0 Å². The van der Waals surface area contributed by atoms with E-state index in [1.54, 1.807) is 7.05 Å². The SMILES string of the molecule is CCC(CNC(=O)C1=NN(C)C(=O)CC1)N1CCCC1. The van der Waals surface area contributed by atoms with Gasteiger partial charge in [0.05, 0.1) is 0 Å². The molecule has 2 aliphatic heterocycles. The Morgan fingerprint density at radius 1 is 1.35 bits per heavy atom. The highest BCUT2D eigenvalue weighted by atomic mass is 16.2. The Balaban J connectivity index is 1.85. The normalized spacial score (nSPS) is 21.8. The summed E-state index contributed by atoms with van der Waals surface area (Å²) >= 11 is 0. The van der Waals surface area contributed by atoms with Crippen molar-refractivity contribution in [3.8, 4) is 0 Å². The van der Waals surface area contributed by atoms with Crippen LogP contribution in [0.2, 0.25) is 0 Å². The second-order valence-electron chi connectivity index (χ2n) is 5.48. The minimum absolute atomic E-state index is 0.0370. The number of hydrogen-bond acceptors (Lipinski definition) is 4. The summed E-state index contributed by atoms with van der Waals surface area (Å²) in [5.41, 5.74) is 0.461. The van der Waals surface area contributed by atoms with E-state index in [-0.39, 0.29) is 11.8 Å². The maximum Gasteiger partial charge on any atom is 0.267 e. The third kappa shape index (κ3) is 3.56. The van der Waals surface area contributed by atoms with Gasteiger partial charge in [0, 0.05) is 32.5 Å². The number of nitrogens with one attached hydrogen (secondary N) is 1. The summed E-state index contributed by atoms with van der Waals surface area (Å²) in [4.78, 5) is 25.9. The molecule has 2 rings (SSSR count). The Morgan fingerprint density at radius 3 is 2.65 bits per heavy atom. The number of carbonyl (C=O) groups excluding carboxylic acids is 2. The number of nitrogens with zero attached hydrogens (tertiary/aromatic N) is 3. The zero-order valence-electron chi connectivity index (χ0n) is 12.4. The number of amides is 2. The van der Waals surface area contributed by atoms with E-state index in [0.29, 0.717) is 31.1 Å². The van der Waals surface area contributed by atoms with E-state index in [4.69, 9.17) is 0 Å². The van der Waals surface area contributed by atoms with Gasteiger partial charge >= 0.3 is 0 Å². The van der Waals surface area contributed by atoms with E-state index >= 15 is 0 Å². The lowest BCUT2D eigenvalue weighted by molar-refractivity contribution is -0.130. The monoisotopic (exact) mass is 280 g/mol. The lowest BCUT2D eigenvalue weighted by Gasteiger charge is -2.27. The topological polar surface area (TPSA) is 65.0 Å². The number of hydrazone groups is 1. The van der Waals surface area contributed by atoms with Crippen molar-refractivity contribution in [3.63, 3.8) is 0 Å². The molecule has 0 saturated carbocycles. The van der Waals surface area contributed by atoms with Gasteiger partial charge in [-0.25, -0.2) is 5.01 Å². The molecule has 0 aromatic rings. The van der Waals surface area contributed by atoms with Crippen LogP contribution in [0.1, 0.15) is 39.0 Å². The summed E-state index contributed by atoms with van der Waals surface area (Å²) in [6, 6.07) is 0.407. The first-order valence-corrected chi connectivity index (χ1v) is 7.48. The molecule has 0 aromatic heterocycles. The predicted octanol–water partition coefficient (Wildman–Crippen LogP) is 0.585. The molecular formula is C14H24N4O2. The minimum Gasteiger partial charge on any atom is -0.349 e. The quantitative estimate of drug-likeness (QED) is 0.801. The van der Waals surface area contributed by atoms with Gasteiger partial charge in [0.2, 0.25) is 5.91 Å². The Kier molecular flexibility index (Phi) is 5.11. The Labute approximate surface area is 120 Å². The molecule has 0 aliphatic carbocycles. The molecule has 6 heteroatoms. The van der Waals surface area contributed by atoms with Crippen molar-refractivity contribution in [3.05, 3.63) is 0 Å². The molecule has 1 saturated heterocycles. The minimum atomic E-state index is -0.137. The third-order valence-corrected chi connectivity index (χ3v) is 4.10. The van der Waals surface area contributed by atoms with E-state index in [1.165, 1.54) is 17.9 Å². The predicted molar refractivity (Wildman–Crippen MR) is 77.3 cm³/mol. The Morgan fingerprint density at radius 2 is 2.05 bits per heavy atom. The highest BCUT2D eigenvalue weighted by Crippen LogP contribution is 2.13. The molecule has 1 unspecified atom stereocenters. The number of likely N-dealkylation sites (tertiary alicyclic amines) is 1. The van der Waals surface area contributed by atoms with E-state index < -0.39 is 0 Å². The maximum absolute atomic E-state index is 12.1. The number of carbonyl (C=O) groups is 2. The van der Waals surface area contributed by atoms with Crippen molar-refractivity contribution in [2.24, 2.45) is 5.10 Å². The molecule has 20 heavy (non-hydrogen) atoms. The van der Waals surface area contributed by atoms with Gasteiger partial charge in [-0.3, -0.25) is 14.5 Å². The summed E-state index contributed by atoms with van der Waals surface area (Å²) in [6.07, 6.45) is 4.35. The summed E-state index contributed by atoms with van der Waals surface area (Å²) in [5, 5.41) is 8.27. The summed E-state index contributed by atoms with van der Waals surface area (Å²) in [7, 11) is 1.59. The van der Waals surface area contributed by atoms with Gasteiger partial charge in [0.25, 0.3) is 5.91 Å². The van der Waals surface area contributed by atoms with Crippen LogP contribution in [0.15, 0.2) is 5.10 Å². The third-order valence-electron chi connectivity index (χ3n) is 4.10. The van der Waals surface area contributed by atoms with Crippen LogP contribution in [0.4, 0.5) is 0 Å². The molecule has 2 heterocycles. The first kappa shape index (κ1) is 15.0. The second-order valence-corrected chi connectivity index (χ2v) is 5.48. The van der Waals surface area contributed by atoms with Gasteiger partial charge in [-0.2, -0.15) is 5.10 Å². The molecular weight excluding hydrogens is 256 g/mol. The molecule has 1 atom stereocenters. The number of hydrogen-bond donors (Lipinski definition) is 1. The van der Waals surface area contributed by atoms with Crippen LogP contribution < -0.4 is 5.32 Å². The summed E-state index contributed by atoms with van der Waals surface area (Å²) in [6.45, 7) is 5.07. The molecule has 0 radical (unpaired) electrons. The Hall–Kier alpha value is -1.43. The van der Waals surface area contributed by atoms with Crippen molar-refractivity contribution in [2.75, 3.05) is 26.7 Å². The van der Waals surface area contributed by atoms with Gasteiger partial charge in [-0.1, -0.05) is 6.92 Å². The van der Waals surface area contributed by atoms with Crippen molar-refractivity contribution in [1.29, 1.82) is 0 Å².